The highest BCUT2D eigenvalue weighted by atomic mass is 35.5. The molecule has 0 aliphatic carbocycles. The minimum absolute atomic E-state index is 0.0914. The maximum atomic E-state index is 12.7. The fourth-order valence-electron chi connectivity index (χ4n) is 3.30. The fourth-order valence-corrected chi connectivity index (χ4v) is 3.43. The lowest BCUT2D eigenvalue weighted by Gasteiger charge is -2.17. The van der Waals surface area contributed by atoms with E-state index in [1.165, 1.54) is 4.68 Å². The largest absolute Gasteiger partial charge is 0.497 e. The van der Waals surface area contributed by atoms with Gasteiger partial charge in [-0.25, -0.2) is 0 Å². The minimum atomic E-state index is -0.445. The number of halogens is 1. The number of carbonyl (C=O) groups excluding carboxylic acids is 2. The lowest BCUT2D eigenvalue weighted by Crippen LogP contribution is -2.33. The van der Waals surface area contributed by atoms with Gasteiger partial charge in [0.15, 0.2) is 5.82 Å². The van der Waals surface area contributed by atoms with Gasteiger partial charge in [-0.2, -0.15) is 4.68 Å². The summed E-state index contributed by atoms with van der Waals surface area (Å²) in [4.78, 5) is 26.7. The van der Waals surface area contributed by atoms with Crippen LogP contribution in [0.1, 0.15) is 12.2 Å². The lowest BCUT2D eigenvalue weighted by atomic mass is 10.1. The van der Waals surface area contributed by atoms with Gasteiger partial charge in [-0.15, -0.1) is 5.10 Å². The number of aromatic nitrogens is 4. The molecule has 154 valence electrons. The van der Waals surface area contributed by atoms with Crippen molar-refractivity contribution in [3.05, 3.63) is 59.4 Å². The molecule has 0 bridgehead atoms. The molecule has 4 rings (SSSR count). The summed E-state index contributed by atoms with van der Waals surface area (Å²) in [5, 5.41) is 15.0. The number of hydrogen-bond donors (Lipinski definition) is 1. The maximum Gasteiger partial charge on any atom is 0.227 e. The third-order valence-corrected chi connectivity index (χ3v) is 5.16. The minimum Gasteiger partial charge on any atom is -0.497 e. The predicted molar refractivity (Wildman–Crippen MR) is 109 cm³/mol. The number of amides is 2. The zero-order valence-electron chi connectivity index (χ0n) is 16.2. The summed E-state index contributed by atoms with van der Waals surface area (Å²) in [5.41, 5.74) is 1.47. The first kappa shape index (κ1) is 19.8. The first-order valence-electron chi connectivity index (χ1n) is 9.30. The third kappa shape index (κ3) is 4.11. The quantitative estimate of drug-likeness (QED) is 0.646. The highest BCUT2D eigenvalue weighted by molar-refractivity contribution is 6.30. The van der Waals surface area contributed by atoms with Gasteiger partial charge in [0, 0.05) is 23.7 Å². The van der Waals surface area contributed by atoms with Crippen molar-refractivity contribution in [3.8, 4) is 11.4 Å². The monoisotopic (exact) mass is 426 g/mol. The van der Waals surface area contributed by atoms with Crippen molar-refractivity contribution in [2.24, 2.45) is 5.92 Å². The Balaban J connectivity index is 1.39. The number of nitrogens with zero attached hydrogens (tertiary/aromatic N) is 5. The van der Waals surface area contributed by atoms with Gasteiger partial charge in [-0.05, 0) is 59.0 Å². The number of tetrazole rings is 1. The molecule has 30 heavy (non-hydrogen) atoms. The number of benzene rings is 2. The molecular weight excluding hydrogens is 408 g/mol. The Morgan fingerprint density at radius 2 is 1.87 bits per heavy atom. The molecule has 10 heteroatoms. The second-order valence-electron chi connectivity index (χ2n) is 6.80. The Bertz CT molecular complexity index is 1050. The second kappa shape index (κ2) is 8.50. The first-order chi connectivity index (χ1) is 14.5. The van der Waals surface area contributed by atoms with Crippen LogP contribution in [0.4, 0.5) is 5.69 Å². The summed E-state index contributed by atoms with van der Waals surface area (Å²) < 4.78 is 6.67. The Morgan fingerprint density at radius 3 is 2.57 bits per heavy atom. The van der Waals surface area contributed by atoms with Gasteiger partial charge >= 0.3 is 0 Å². The van der Waals surface area contributed by atoms with Crippen LogP contribution in [0, 0.1) is 5.92 Å². The van der Waals surface area contributed by atoms with Crippen LogP contribution in [0.15, 0.2) is 48.5 Å². The average molecular weight is 427 g/mol. The average Bonchev–Trinajstić information content (AvgIpc) is 3.39. The number of ether oxygens (including phenoxy) is 1. The summed E-state index contributed by atoms with van der Waals surface area (Å²) in [5.74, 6) is 0.427. The summed E-state index contributed by atoms with van der Waals surface area (Å²) in [6, 6.07) is 14.2. The molecule has 1 aromatic heterocycles. The second-order valence-corrected chi connectivity index (χ2v) is 7.24. The summed E-state index contributed by atoms with van der Waals surface area (Å²) in [7, 11) is 1.58. The van der Waals surface area contributed by atoms with E-state index in [1.54, 1.807) is 60.5 Å². The van der Waals surface area contributed by atoms with Gasteiger partial charge in [0.05, 0.1) is 25.3 Å². The molecule has 1 N–H and O–H groups in total. The molecule has 2 aromatic carbocycles. The molecule has 1 saturated heterocycles. The van der Waals surface area contributed by atoms with E-state index in [1.807, 2.05) is 0 Å². The SMILES string of the molecule is COc1ccc(N2CC(C(=O)NCc3nnnn3-c3ccc(Cl)cc3)CC2=O)cc1. The number of methoxy groups -OCH3 is 1. The van der Waals surface area contributed by atoms with Crippen molar-refractivity contribution in [2.75, 3.05) is 18.6 Å². The Morgan fingerprint density at radius 1 is 1.17 bits per heavy atom. The molecule has 1 atom stereocenters. The number of hydrogen-bond acceptors (Lipinski definition) is 6. The molecule has 9 nitrogen and oxygen atoms in total. The molecular formula is C20H19ClN6O3. The van der Waals surface area contributed by atoms with E-state index in [2.05, 4.69) is 20.8 Å². The number of nitrogens with one attached hydrogen (secondary N) is 1. The van der Waals surface area contributed by atoms with Crippen LogP contribution >= 0.6 is 11.6 Å². The Hall–Kier alpha value is -3.46. The molecule has 1 aliphatic heterocycles. The maximum absolute atomic E-state index is 12.7. The van der Waals surface area contributed by atoms with Crippen molar-refractivity contribution >= 4 is 29.1 Å². The number of rotatable bonds is 6. The van der Waals surface area contributed by atoms with E-state index in [9.17, 15) is 9.59 Å². The van der Waals surface area contributed by atoms with Crippen molar-refractivity contribution < 1.29 is 14.3 Å². The van der Waals surface area contributed by atoms with Gasteiger partial charge in [-0.1, -0.05) is 11.6 Å². The molecule has 1 unspecified atom stereocenters. The molecule has 2 amide bonds. The highest BCUT2D eigenvalue weighted by Gasteiger charge is 2.35. The van der Waals surface area contributed by atoms with Crippen LogP contribution in [0.3, 0.4) is 0 Å². The van der Waals surface area contributed by atoms with Gasteiger partial charge in [-0.3, -0.25) is 9.59 Å². The normalized spacial score (nSPS) is 16.0. The van der Waals surface area contributed by atoms with Gasteiger partial charge < -0.3 is 15.0 Å². The standard InChI is InChI=1S/C20H19ClN6O3/c1-30-17-8-6-15(7-9-17)26-12-13(10-19(26)28)20(29)22-11-18-23-24-25-27(18)16-4-2-14(21)3-5-16/h2-9,13H,10-12H2,1H3,(H,22,29). The smallest absolute Gasteiger partial charge is 0.227 e. The van der Waals surface area contributed by atoms with Crippen LogP contribution in [0.25, 0.3) is 5.69 Å². The topological polar surface area (TPSA) is 102 Å². The molecule has 1 fully saturated rings. The molecule has 3 aromatic rings. The van der Waals surface area contributed by atoms with Crippen LogP contribution in [-0.4, -0.2) is 45.7 Å². The van der Waals surface area contributed by atoms with Crippen molar-refractivity contribution in [1.82, 2.24) is 25.5 Å². The molecule has 2 heterocycles. The van der Waals surface area contributed by atoms with Crippen molar-refractivity contribution in [3.63, 3.8) is 0 Å². The summed E-state index contributed by atoms with van der Waals surface area (Å²) in [6.07, 6.45) is 0.153. The zero-order valence-corrected chi connectivity index (χ0v) is 16.9. The fraction of sp³-hybridized carbons (Fsp3) is 0.250. The summed E-state index contributed by atoms with van der Waals surface area (Å²) >= 11 is 5.92. The van der Waals surface area contributed by atoms with E-state index in [4.69, 9.17) is 16.3 Å². The number of anilines is 1. The van der Waals surface area contributed by atoms with Gasteiger partial charge in [0.2, 0.25) is 11.8 Å². The van der Waals surface area contributed by atoms with E-state index in [0.29, 0.717) is 23.1 Å². The zero-order chi connectivity index (χ0) is 21.1. The van der Waals surface area contributed by atoms with Gasteiger partial charge in [0.1, 0.15) is 5.75 Å². The van der Waals surface area contributed by atoms with Crippen LogP contribution < -0.4 is 15.0 Å². The molecule has 0 radical (unpaired) electrons. The summed E-state index contributed by atoms with van der Waals surface area (Å²) in [6.45, 7) is 0.459. The third-order valence-electron chi connectivity index (χ3n) is 4.91. The van der Waals surface area contributed by atoms with E-state index in [-0.39, 0.29) is 24.8 Å². The molecule has 1 aliphatic rings. The lowest BCUT2D eigenvalue weighted by molar-refractivity contribution is -0.126. The predicted octanol–water partition coefficient (Wildman–Crippen LogP) is 1.99. The van der Waals surface area contributed by atoms with Crippen molar-refractivity contribution in [1.29, 1.82) is 0 Å². The van der Waals surface area contributed by atoms with Crippen molar-refractivity contribution in [2.45, 2.75) is 13.0 Å². The van der Waals surface area contributed by atoms with Gasteiger partial charge in [0.25, 0.3) is 0 Å². The first-order valence-corrected chi connectivity index (χ1v) is 9.68. The van der Waals surface area contributed by atoms with Crippen LogP contribution in [0.5, 0.6) is 5.75 Å². The van der Waals surface area contributed by atoms with Crippen LogP contribution in [-0.2, 0) is 16.1 Å². The Kier molecular flexibility index (Phi) is 5.62. The van der Waals surface area contributed by atoms with E-state index in [0.717, 1.165) is 11.4 Å². The number of carbonyl (C=O) groups is 2. The van der Waals surface area contributed by atoms with E-state index >= 15 is 0 Å². The molecule has 0 spiro atoms. The van der Waals surface area contributed by atoms with Crippen LogP contribution in [0.2, 0.25) is 5.02 Å². The molecule has 0 saturated carbocycles. The highest BCUT2D eigenvalue weighted by Crippen LogP contribution is 2.27. The van der Waals surface area contributed by atoms with E-state index < -0.39 is 5.92 Å². The Labute approximate surface area is 177 Å².